The van der Waals surface area contributed by atoms with Crippen LogP contribution in [0.25, 0.3) is 0 Å². The SMILES string of the molecule is COc1ccc(NC(=O)c2cnn3c2NC(C(=O)O)=CC3c2ccccc2F)cc1Cl. The summed E-state index contributed by atoms with van der Waals surface area (Å²) in [6, 6.07) is 9.86. The molecule has 31 heavy (non-hydrogen) atoms. The van der Waals surface area contributed by atoms with Crippen molar-refractivity contribution in [2.45, 2.75) is 6.04 Å². The first-order chi connectivity index (χ1) is 14.9. The maximum absolute atomic E-state index is 14.4. The molecule has 3 aromatic rings. The largest absolute Gasteiger partial charge is 0.495 e. The number of aromatic nitrogens is 2. The summed E-state index contributed by atoms with van der Waals surface area (Å²) < 4.78 is 20.9. The zero-order chi connectivity index (χ0) is 22.1. The summed E-state index contributed by atoms with van der Waals surface area (Å²) in [4.78, 5) is 24.5. The third-order valence-corrected chi connectivity index (χ3v) is 5.04. The van der Waals surface area contributed by atoms with Gasteiger partial charge in [-0.1, -0.05) is 29.8 Å². The summed E-state index contributed by atoms with van der Waals surface area (Å²) in [6.45, 7) is 0. The molecular formula is C21H16ClFN4O4. The van der Waals surface area contributed by atoms with Gasteiger partial charge in [0.2, 0.25) is 0 Å². The van der Waals surface area contributed by atoms with Crippen LogP contribution in [0.5, 0.6) is 5.75 Å². The second-order valence-electron chi connectivity index (χ2n) is 6.63. The number of carboxylic acid groups (broad SMARTS) is 1. The second-order valence-corrected chi connectivity index (χ2v) is 7.04. The lowest BCUT2D eigenvalue weighted by Gasteiger charge is -2.24. The Balaban J connectivity index is 1.70. The van der Waals surface area contributed by atoms with Crippen LogP contribution < -0.4 is 15.4 Å². The Kier molecular flexibility index (Phi) is 5.35. The van der Waals surface area contributed by atoms with E-state index in [1.54, 1.807) is 18.2 Å². The first kappa shape index (κ1) is 20.4. The van der Waals surface area contributed by atoms with Crippen molar-refractivity contribution in [2.75, 3.05) is 17.7 Å². The van der Waals surface area contributed by atoms with Gasteiger partial charge < -0.3 is 20.5 Å². The highest BCUT2D eigenvalue weighted by atomic mass is 35.5. The van der Waals surface area contributed by atoms with E-state index in [9.17, 15) is 19.1 Å². The van der Waals surface area contributed by atoms with Gasteiger partial charge in [0.1, 0.15) is 34.7 Å². The van der Waals surface area contributed by atoms with Gasteiger partial charge in [0.15, 0.2) is 0 Å². The highest BCUT2D eigenvalue weighted by Gasteiger charge is 2.30. The van der Waals surface area contributed by atoms with Crippen LogP contribution in [-0.2, 0) is 4.79 Å². The van der Waals surface area contributed by atoms with Gasteiger partial charge in [-0.3, -0.25) is 4.79 Å². The van der Waals surface area contributed by atoms with Gasteiger partial charge in [0, 0.05) is 11.3 Å². The molecule has 1 aliphatic heterocycles. The van der Waals surface area contributed by atoms with Crippen molar-refractivity contribution in [3.8, 4) is 5.75 Å². The Hall–Kier alpha value is -3.85. The molecule has 1 unspecified atom stereocenters. The minimum Gasteiger partial charge on any atom is -0.495 e. The van der Waals surface area contributed by atoms with E-state index in [0.717, 1.165) is 0 Å². The first-order valence-electron chi connectivity index (χ1n) is 9.08. The molecule has 2 heterocycles. The lowest BCUT2D eigenvalue weighted by Crippen LogP contribution is -2.26. The number of methoxy groups -OCH3 is 1. The number of hydrogen-bond donors (Lipinski definition) is 3. The molecule has 0 aliphatic carbocycles. The quantitative estimate of drug-likeness (QED) is 0.553. The molecule has 0 fully saturated rings. The maximum Gasteiger partial charge on any atom is 0.352 e. The highest BCUT2D eigenvalue weighted by Crippen LogP contribution is 2.34. The predicted molar refractivity (Wildman–Crippen MR) is 112 cm³/mol. The Morgan fingerprint density at radius 2 is 2.06 bits per heavy atom. The number of aliphatic carboxylic acids is 1. The summed E-state index contributed by atoms with van der Waals surface area (Å²) in [5.41, 5.74) is 0.523. The van der Waals surface area contributed by atoms with Gasteiger partial charge in [0.25, 0.3) is 5.91 Å². The number of carbonyl (C=O) groups excluding carboxylic acids is 1. The van der Waals surface area contributed by atoms with Crippen LogP contribution in [0.3, 0.4) is 0 Å². The molecule has 8 nitrogen and oxygen atoms in total. The maximum atomic E-state index is 14.4. The van der Waals surface area contributed by atoms with Gasteiger partial charge in [0.05, 0.1) is 18.3 Å². The van der Waals surface area contributed by atoms with E-state index in [4.69, 9.17) is 16.3 Å². The minimum atomic E-state index is -1.25. The van der Waals surface area contributed by atoms with E-state index < -0.39 is 23.7 Å². The fraction of sp³-hybridized carbons (Fsp3) is 0.0952. The molecule has 1 amide bonds. The zero-order valence-corrected chi connectivity index (χ0v) is 16.9. The number of hydrogen-bond acceptors (Lipinski definition) is 5. The van der Waals surface area contributed by atoms with Crippen LogP contribution in [0.1, 0.15) is 22.0 Å². The average molecular weight is 443 g/mol. The molecular weight excluding hydrogens is 427 g/mol. The number of nitrogens with one attached hydrogen (secondary N) is 2. The van der Waals surface area contributed by atoms with E-state index in [-0.39, 0.29) is 22.6 Å². The lowest BCUT2D eigenvalue weighted by atomic mass is 10.0. The number of carboxylic acids is 1. The summed E-state index contributed by atoms with van der Waals surface area (Å²) in [7, 11) is 1.48. The number of allylic oxidation sites excluding steroid dienone is 1. The first-order valence-corrected chi connectivity index (χ1v) is 9.45. The number of ether oxygens (including phenoxy) is 1. The van der Waals surface area contributed by atoms with Crippen LogP contribution in [0.2, 0.25) is 5.02 Å². The molecule has 2 aromatic carbocycles. The standard InChI is InChI=1S/C21H16ClFN4O4/c1-31-18-7-6-11(8-14(18)22)25-20(28)13-10-24-27-17(12-4-2-3-5-15(12)23)9-16(21(29)30)26-19(13)27/h2-10,17,26H,1H3,(H,25,28)(H,29,30). The van der Waals surface area contributed by atoms with E-state index in [2.05, 4.69) is 15.7 Å². The molecule has 4 rings (SSSR count). The fourth-order valence-electron chi connectivity index (χ4n) is 3.27. The third-order valence-electron chi connectivity index (χ3n) is 4.75. The summed E-state index contributed by atoms with van der Waals surface area (Å²) in [6.07, 6.45) is 2.63. The van der Waals surface area contributed by atoms with Gasteiger partial charge in [-0.25, -0.2) is 13.9 Å². The molecule has 0 saturated carbocycles. The Morgan fingerprint density at radius 1 is 1.29 bits per heavy atom. The van der Waals surface area contributed by atoms with Gasteiger partial charge in [-0.2, -0.15) is 5.10 Å². The fourth-order valence-corrected chi connectivity index (χ4v) is 3.52. The molecule has 0 bridgehead atoms. The number of benzene rings is 2. The van der Waals surface area contributed by atoms with Crippen LogP contribution >= 0.6 is 11.6 Å². The topological polar surface area (TPSA) is 105 Å². The Bertz CT molecular complexity index is 1220. The molecule has 0 saturated heterocycles. The molecule has 0 radical (unpaired) electrons. The van der Waals surface area contributed by atoms with Crippen LogP contribution in [0.15, 0.2) is 60.4 Å². The van der Waals surface area contributed by atoms with Crippen molar-refractivity contribution < 1.29 is 23.8 Å². The van der Waals surface area contributed by atoms with Crippen LogP contribution in [0, 0.1) is 5.82 Å². The lowest BCUT2D eigenvalue weighted by molar-refractivity contribution is -0.132. The van der Waals surface area contributed by atoms with Crippen molar-refractivity contribution in [1.82, 2.24) is 9.78 Å². The number of rotatable bonds is 5. The number of fused-ring (bicyclic) bond motifs is 1. The molecule has 1 aromatic heterocycles. The highest BCUT2D eigenvalue weighted by molar-refractivity contribution is 6.32. The van der Waals surface area contributed by atoms with Crippen molar-refractivity contribution in [3.05, 3.63) is 82.4 Å². The number of nitrogens with zero attached hydrogens (tertiary/aromatic N) is 2. The van der Waals surface area contributed by atoms with Gasteiger partial charge >= 0.3 is 5.97 Å². The predicted octanol–water partition coefficient (Wildman–Crippen LogP) is 3.92. The summed E-state index contributed by atoms with van der Waals surface area (Å²) >= 11 is 6.10. The van der Waals surface area contributed by atoms with Crippen molar-refractivity contribution in [1.29, 1.82) is 0 Å². The molecule has 158 valence electrons. The molecule has 0 spiro atoms. The molecule has 1 aliphatic rings. The van der Waals surface area contributed by atoms with Gasteiger partial charge in [-0.15, -0.1) is 0 Å². The minimum absolute atomic E-state index is 0.0835. The van der Waals surface area contributed by atoms with E-state index in [1.807, 2.05) is 0 Å². The van der Waals surface area contributed by atoms with Crippen molar-refractivity contribution >= 4 is 35.0 Å². The van der Waals surface area contributed by atoms with E-state index >= 15 is 0 Å². The number of amides is 1. The number of carbonyl (C=O) groups is 2. The second kappa shape index (κ2) is 8.11. The van der Waals surface area contributed by atoms with Crippen molar-refractivity contribution in [3.63, 3.8) is 0 Å². The molecule has 1 atom stereocenters. The smallest absolute Gasteiger partial charge is 0.352 e. The van der Waals surface area contributed by atoms with E-state index in [1.165, 1.54) is 48.3 Å². The Labute approximate surface area is 180 Å². The molecule has 3 N–H and O–H groups in total. The number of anilines is 2. The number of halogens is 2. The summed E-state index contributed by atoms with van der Waals surface area (Å²) in [5.74, 6) is -1.73. The van der Waals surface area contributed by atoms with Crippen LogP contribution in [-0.4, -0.2) is 33.9 Å². The normalized spacial score (nSPS) is 14.8. The molecule has 10 heteroatoms. The average Bonchev–Trinajstić information content (AvgIpc) is 3.18. The van der Waals surface area contributed by atoms with Crippen LogP contribution in [0.4, 0.5) is 15.9 Å². The monoisotopic (exact) mass is 442 g/mol. The Morgan fingerprint density at radius 3 is 2.74 bits per heavy atom. The van der Waals surface area contributed by atoms with Crippen molar-refractivity contribution in [2.24, 2.45) is 0 Å². The van der Waals surface area contributed by atoms with E-state index in [0.29, 0.717) is 16.5 Å². The third kappa shape index (κ3) is 3.82. The summed E-state index contributed by atoms with van der Waals surface area (Å²) in [5, 5.41) is 19.4. The van der Waals surface area contributed by atoms with Gasteiger partial charge in [-0.05, 0) is 30.3 Å². The zero-order valence-electron chi connectivity index (χ0n) is 16.1.